The number of halogens is 2. The Balaban J connectivity index is 1.49. The molecule has 1 aliphatic carbocycles. The fourth-order valence-corrected chi connectivity index (χ4v) is 6.09. The number of hydrogen-bond donors (Lipinski definition) is 0. The predicted molar refractivity (Wildman–Crippen MR) is 142 cm³/mol. The Kier molecular flexibility index (Phi) is 5.68. The number of hydrogen-bond acceptors (Lipinski definition) is 5. The lowest BCUT2D eigenvalue weighted by Gasteiger charge is -2.33. The zero-order valence-corrected chi connectivity index (χ0v) is 21.3. The van der Waals surface area contributed by atoms with Crippen LogP contribution in [0, 0.1) is 5.92 Å². The lowest BCUT2D eigenvalue weighted by Crippen LogP contribution is -2.57. The summed E-state index contributed by atoms with van der Waals surface area (Å²) in [6.07, 6.45) is 0. The van der Waals surface area contributed by atoms with Crippen molar-refractivity contribution in [1.29, 1.82) is 0 Å². The number of likely N-dealkylation sites (tertiary alicyclic amines) is 1. The second-order valence-electron chi connectivity index (χ2n) is 9.51. The van der Waals surface area contributed by atoms with Gasteiger partial charge in [-0.15, -0.1) is 0 Å². The third-order valence-corrected chi connectivity index (χ3v) is 8.07. The molecule has 6 rings (SSSR count). The highest BCUT2D eigenvalue weighted by Crippen LogP contribution is 2.52. The van der Waals surface area contributed by atoms with Gasteiger partial charge in [0.15, 0.2) is 22.9 Å². The molecule has 7 heteroatoms. The van der Waals surface area contributed by atoms with Crippen molar-refractivity contribution in [3.8, 4) is 11.3 Å². The van der Waals surface area contributed by atoms with Crippen molar-refractivity contribution in [2.45, 2.75) is 11.5 Å². The summed E-state index contributed by atoms with van der Waals surface area (Å²) in [7, 11) is 1.73. The largest absolute Gasteiger partial charge is 0.461 e. The average molecular weight is 530 g/mol. The Labute approximate surface area is 223 Å². The Morgan fingerprint density at radius 1 is 0.838 bits per heavy atom. The summed E-state index contributed by atoms with van der Waals surface area (Å²) in [6.45, 7) is 0.295. The average Bonchev–Trinajstić information content (AvgIpc) is 3.57. The maximum atomic E-state index is 14.2. The highest BCUT2D eigenvalue weighted by atomic mass is 35.5. The van der Waals surface area contributed by atoms with Gasteiger partial charge in [0.05, 0.1) is 5.92 Å². The van der Waals surface area contributed by atoms with Crippen LogP contribution in [-0.2, 0) is 0 Å². The molecule has 0 bridgehead atoms. The number of ketones is 3. The van der Waals surface area contributed by atoms with E-state index in [0.29, 0.717) is 44.8 Å². The molecule has 1 aromatic heterocycles. The first-order chi connectivity index (χ1) is 17.8. The summed E-state index contributed by atoms with van der Waals surface area (Å²) in [5.74, 6) is -1.38. The number of fused-ring (bicyclic) bond motifs is 1. The second kappa shape index (κ2) is 8.80. The molecule has 37 heavy (non-hydrogen) atoms. The monoisotopic (exact) mass is 529 g/mol. The van der Waals surface area contributed by atoms with Crippen LogP contribution in [-0.4, -0.2) is 41.4 Å². The van der Waals surface area contributed by atoms with E-state index in [0.717, 1.165) is 5.56 Å². The van der Waals surface area contributed by atoms with Crippen molar-refractivity contribution >= 4 is 40.6 Å². The van der Waals surface area contributed by atoms with Gasteiger partial charge in [-0.2, -0.15) is 0 Å². The molecule has 3 aromatic carbocycles. The Morgan fingerprint density at radius 2 is 1.41 bits per heavy atom. The molecular weight excluding hydrogens is 509 g/mol. The van der Waals surface area contributed by atoms with Gasteiger partial charge in [-0.1, -0.05) is 47.5 Å². The Morgan fingerprint density at radius 3 is 2.00 bits per heavy atom. The molecule has 2 aliphatic rings. The van der Waals surface area contributed by atoms with Gasteiger partial charge in [0.2, 0.25) is 0 Å². The molecule has 0 saturated carbocycles. The lowest BCUT2D eigenvalue weighted by molar-refractivity contribution is 0.0514. The van der Waals surface area contributed by atoms with Gasteiger partial charge < -0.3 is 4.42 Å². The minimum Gasteiger partial charge on any atom is -0.461 e. The van der Waals surface area contributed by atoms with Crippen molar-refractivity contribution in [2.75, 3.05) is 13.6 Å². The fraction of sp³-hybridized carbons (Fsp3) is 0.167. The number of nitrogens with zero attached hydrogens (tertiary/aromatic N) is 1. The molecule has 4 aromatic rings. The van der Waals surface area contributed by atoms with Gasteiger partial charge in [0, 0.05) is 44.8 Å². The standard InChI is InChI=1S/C30H21Cl2NO4/c1-33-16-23(25-15-14-24(37-25)17-6-10-19(31)11-7-17)26(27(34)18-8-12-20(32)13-9-18)30(33)28(35)21-4-2-3-5-22(21)29(30)36/h2-15,23,26H,16H2,1H3/t23-,26+/m1/s1. The normalized spacial score (nSPS) is 20.5. The van der Waals surface area contributed by atoms with Crippen LogP contribution in [0.1, 0.15) is 42.8 Å². The maximum Gasteiger partial charge on any atom is 0.192 e. The second-order valence-corrected chi connectivity index (χ2v) is 10.4. The molecule has 2 heterocycles. The van der Waals surface area contributed by atoms with Crippen LogP contribution >= 0.6 is 23.2 Å². The van der Waals surface area contributed by atoms with Gasteiger partial charge in [0.1, 0.15) is 11.5 Å². The van der Waals surface area contributed by atoms with Gasteiger partial charge >= 0.3 is 0 Å². The van der Waals surface area contributed by atoms with Crippen LogP contribution < -0.4 is 0 Å². The van der Waals surface area contributed by atoms with E-state index in [-0.39, 0.29) is 17.3 Å². The summed E-state index contributed by atoms with van der Waals surface area (Å²) < 4.78 is 6.26. The van der Waals surface area contributed by atoms with E-state index in [1.54, 1.807) is 72.6 Å². The summed E-state index contributed by atoms with van der Waals surface area (Å²) in [5, 5.41) is 1.10. The van der Waals surface area contributed by atoms with Gasteiger partial charge in [0.25, 0.3) is 0 Å². The smallest absolute Gasteiger partial charge is 0.192 e. The number of likely N-dealkylation sites (N-methyl/N-ethyl adjacent to an activating group) is 1. The van der Waals surface area contributed by atoms with Crippen LogP contribution in [0.15, 0.2) is 89.3 Å². The number of Topliss-reactive ketones (excluding diaryl/α,β-unsaturated/α-hetero) is 3. The van der Waals surface area contributed by atoms with Crippen LogP contribution in [0.5, 0.6) is 0 Å². The molecule has 0 unspecified atom stereocenters. The molecule has 5 nitrogen and oxygen atoms in total. The quantitative estimate of drug-likeness (QED) is 0.220. The van der Waals surface area contributed by atoms with Crippen LogP contribution in [0.3, 0.4) is 0 Å². The molecule has 0 amide bonds. The van der Waals surface area contributed by atoms with Crippen molar-refractivity contribution in [2.24, 2.45) is 5.92 Å². The third-order valence-electron chi connectivity index (χ3n) is 7.57. The molecule has 1 aliphatic heterocycles. The van der Waals surface area contributed by atoms with Crippen molar-refractivity contribution in [1.82, 2.24) is 4.90 Å². The highest BCUT2D eigenvalue weighted by Gasteiger charge is 2.68. The molecule has 0 N–H and O–H groups in total. The first kappa shape index (κ1) is 23.9. The van der Waals surface area contributed by atoms with Crippen molar-refractivity contribution in [3.05, 3.63) is 117 Å². The van der Waals surface area contributed by atoms with Crippen molar-refractivity contribution < 1.29 is 18.8 Å². The van der Waals surface area contributed by atoms with Crippen LogP contribution in [0.4, 0.5) is 0 Å². The van der Waals surface area contributed by atoms with Crippen molar-refractivity contribution in [3.63, 3.8) is 0 Å². The zero-order chi connectivity index (χ0) is 25.9. The number of carbonyl (C=O) groups is 3. The molecule has 2 atom stereocenters. The van der Waals surface area contributed by atoms with Gasteiger partial charge in [-0.05, 0) is 67.7 Å². The minimum atomic E-state index is -1.65. The third kappa shape index (κ3) is 3.53. The minimum absolute atomic E-state index is 0.295. The van der Waals surface area contributed by atoms with E-state index in [2.05, 4.69) is 0 Å². The predicted octanol–water partition coefficient (Wildman–Crippen LogP) is 6.60. The van der Waals surface area contributed by atoms with Gasteiger partial charge in [-0.3, -0.25) is 19.3 Å². The van der Waals surface area contributed by atoms with E-state index < -0.39 is 17.4 Å². The number of furan rings is 1. The summed E-state index contributed by atoms with van der Waals surface area (Å²) in [5.41, 5.74) is 0.247. The van der Waals surface area contributed by atoms with E-state index in [1.165, 1.54) is 0 Å². The first-order valence-corrected chi connectivity index (χ1v) is 12.6. The molecule has 1 spiro atoms. The van der Waals surface area contributed by atoms with E-state index >= 15 is 0 Å². The summed E-state index contributed by atoms with van der Waals surface area (Å²) in [6, 6.07) is 24.2. The molecular formula is C30H21Cl2NO4. The molecule has 1 fully saturated rings. The highest BCUT2D eigenvalue weighted by molar-refractivity contribution is 6.35. The van der Waals surface area contributed by atoms with E-state index in [4.69, 9.17) is 27.6 Å². The number of carbonyl (C=O) groups excluding carboxylic acids is 3. The molecule has 184 valence electrons. The Hall–Kier alpha value is -3.51. The molecule has 0 radical (unpaired) electrons. The fourth-order valence-electron chi connectivity index (χ4n) is 5.84. The first-order valence-electron chi connectivity index (χ1n) is 11.9. The summed E-state index contributed by atoms with van der Waals surface area (Å²) >= 11 is 12.1. The topological polar surface area (TPSA) is 67.6 Å². The Bertz CT molecular complexity index is 1520. The van der Waals surface area contributed by atoms with Crippen LogP contribution in [0.25, 0.3) is 11.3 Å². The van der Waals surface area contributed by atoms with Crippen LogP contribution in [0.2, 0.25) is 10.0 Å². The van der Waals surface area contributed by atoms with E-state index in [9.17, 15) is 14.4 Å². The SMILES string of the molecule is CN1C[C@H](c2ccc(-c3ccc(Cl)cc3)o2)[C@@H](C(=O)c2ccc(Cl)cc2)C12C(=O)c1ccccc1C2=O. The van der Waals surface area contributed by atoms with E-state index in [1.807, 2.05) is 24.3 Å². The number of rotatable bonds is 4. The number of benzene rings is 3. The zero-order valence-electron chi connectivity index (χ0n) is 19.8. The maximum absolute atomic E-state index is 14.2. The lowest BCUT2D eigenvalue weighted by atomic mass is 9.71. The molecule has 1 saturated heterocycles. The summed E-state index contributed by atoms with van der Waals surface area (Å²) in [4.78, 5) is 43.9. The van der Waals surface area contributed by atoms with Gasteiger partial charge in [-0.25, -0.2) is 0 Å².